The van der Waals surface area contributed by atoms with Gasteiger partial charge < -0.3 is 14.7 Å². The van der Waals surface area contributed by atoms with Crippen LogP contribution in [0.5, 0.6) is 0 Å². The van der Waals surface area contributed by atoms with E-state index in [-0.39, 0.29) is 13.0 Å². The molecule has 0 saturated carbocycles. The summed E-state index contributed by atoms with van der Waals surface area (Å²) in [4.78, 5) is 30.3. The molecule has 0 aromatic heterocycles. The van der Waals surface area contributed by atoms with Crippen LogP contribution in [0.4, 0.5) is 4.79 Å². The first-order valence-corrected chi connectivity index (χ1v) is 8.20. The molecule has 0 spiro atoms. The number of rotatable bonds is 4. The van der Waals surface area contributed by atoms with Crippen molar-refractivity contribution in [2.45, 2.75) is 51.9 Å². The summed E-state index contributed by atoms with van der Waals surface area (Å²) in [6, 6.07) is 8.68. The van der Waals surface area contributed by atoms with Gasteiger partial charge in [-0.3, -0.25) is 4.90 Å². The number of likely N-dealkylation sites (tertiary alicyclic amines) is 1. The van der Waals surface area contributed by atoms with E-state index in [4.69, 9.17) is 9.57 Å². The molecule has 136 valence electrons. The van der Waals surface area contributed by atoms with Gasteiger partial charge in [-0.25, -0.2) is 9.59 Å². The molecule has 1 atom stereocenters. The Balaban J connectivity index is 2.01. The second-order valence-electron chi connectivity index (χ2n) is 6.92. The van der Waals surface area contributed by atoms with Crippen LogP contribution in [-0.2, 0) is 21.0 Å². The molecule has 1 fully saturated rings. The molecular formula is C18H24N2O5. The first kappa shape index (κ1) is 18.8. The highest BCUT2D eigenvalue weighted by Gasteiger charge is 2.37. The molecular weight excluding hydrogens is 324 g/mol. The van der Waals surface area contributed by atoms with Crippen molar-refractivity contribution >= 4 is 17.8 Å². The second-order valence-corrected chi connectivity index (χ2v) is 6.92. The molecule has 0 unspecified atom stereocenters. The van der Waals surface area contributed by atoms with Crippen LogP contribution in [0, 0.1) is 0 Å². The number of ether oxygens (including phenoxy) is 1. The number of amides is 1. The predicted octanol–water partition coefficient (Wildman–Crippen LogP) is 3.04. The predicted molar refractivity (Wildman–Crippen MR) is 92.3 cm³/mol. The van der Waals surface area contributed by atoms with Crippen molar-refractivity contribution in [2.75, 3.05) is 6.54 Å². The van der Waals surface area contributed by atoms with Gasteiger partial charge in [0.25, 0.3) is 0 Å². The zero-order valence-corrected chi connectivity index (χ0v) is 14.8. The minimum atomic E-state index is -1.05. The first-order valence-electron chi connectivity index (χ1n) is 8.20. The minimum absolute atomic E-state index is 0.0840. The highest BCUT2D eigenvalue weighted by molar-refractivity contribution is 5.93. The van der Waals surface area contributed by atoms with Crippen molar-refractivity contribution < 1.29 is 24.3 Å². The highest BCUT2D eigenvalue weighted by atomic mass is 16.6. The maximum absolute atomic E-state index is 12.3. The maximum atomic E-state index is 12.3. The Morgan fingerprint density at radius 1 is 1.28 bits per heavy atom. The van der Waals surface area contributed by atoms with E-state index >= 15 is 0 Å². The molecule has 1 saturated heterocycles. The van der Waals surface area contributed by atoms with Gasteiger partial charge in [0.05, 0.1) is 12.3 Å². The number of aliphatic carboxylic acids is 1. The van der Waals surface area contributed by atoms with Crippen molar-refractivity contribution in [3.05, 3.63) is 35.9 Å². The Morgan fingerprint density at radius 2 is 1.96 bits per heavy atom. The summed E-state index contributed by atoms with van der Waals surface area (Å²) in [7, 11) is 0. The zero-order chi connectivity index (χ0) is 18.4. The summed E-state index contributed by atoms with van der Waals surface area (Å²) in [5.74, 6) is -1.05. The molecule has 0 bridgehead atoms. The number of benzene rings is 1. The summed E-state index contributed by atoms with van der Waals surface area (Å²) in [5.41, 5.74) is 0.910. The van der Waals surface area contributed by atoms with Crippen LogP contribution in [-0.4, -0.2) is 46.0 Å². The molecule has 1 heterocycles. The van der Waals surface area contributed by atoms with E-state index in [1.54, 1.807) is 20.8 Å². The molecule has 7 nitrogen and oxygen atoms in total. The fourth-order valence-electron chi connectivity index (χ4n) is 2.46. The van der Waals surface area contributed by atoms with Crippen molar-refractivity contribution in [3.8, 4) is 0 Å². The lowest BCUT2D eigenvalue weighted by Crippen LogP contribution is -2.52. The number of carboxylic acid groups (broad SMARTS) is 1. The van der Waals surface area contributed by atoms with E-state index in [1.807, 2.05) is 30.3 Å². The number of hydrogen-bond donors (Lipinski definition) is 1. The average Bonchev–Trinajstić information content (AvgIpc) is 2.54. The fraction of sp³-hybridized carbons (Fsp3) is 0.500. The second kappa shape index (κ2) is 8.00. The number of carboxylic acids is 1. The van der Waals surface area contributed by atoms with Crippen LogP contribution in [0.1, 0.15) is 39.2 Å². The van der Waals surface area contributed by atoms with Crippen molar-refractivity contribution in [1.82, 2.24) is 4.90 Å². The lowest BCUT2D eigenvalue weighted by atomic mass is 10.0. The Kier molecular flexibility index (Phi) is 6.01. The van der Waals surface area contributed by atoms with E-state index < -0.39 is 23.7 Å². The van der Waals surface area contributed by atoms with Crippen LogP contribution in [0.15, 0.2) is 35.5 Å². The SMILES string of the molecule is CC(C)(C)OC(=O)N1CC(=NOCc2ccccc2)CC[C@H]1C(=O)O. The van der Waals surface area contributed by atoms with Gasteiger partial charge in [0.2, 0.25) is 0 Å². The van der Waals surface area contributed by atoms with Crippen molar-refractivity contribution in [3.63, 3.8) is 0 Å². The van der Waals surface area contributed by atoms with E-state index in [0.717, 1.165) is 5.56 Å². The largest absolute Gasteiger partial charge is 0.480 e. The summed E-state index contributed by atoms with van der Waals surface area (Å²) < 4.78 is 5.31. The lowest BCUT2D eigenvalue weighted by Gasteiger charge is -2.34. The van der Waals surface area contributed by atoms with Gasteiger partial charge in [0, 0.05) is 0 Å². The molecule has 1 N–H and O–H groups in total. The van der Waals surface area contributed by atoms with E-state index in [2.05, 4.69) is 5.16 Å². The van der Waals surface area contributed by atoms with Gasteiger partial charge in [-0.15, -0.1) is 0 Å². The van der Waals surface area contributed by atoms with Crippen LogP contribution in [0.2, 0.25) is 0 Å². The number of carbonyl (C=O) groups is 2. The number of nitrogens with zero attached hydrogens (tertiary/aromatic N) is 2. The van der Waals surface area contributed by atoms with Gasteiger partial charge >= 0.3 is 12.1 Å². The molecule has 1 amide bonds. The number of piperidine rings is 1. The van der Waals surface area contributed by atoms with Crippen molar-refractivity contribution in [2.24, 2.45) is 5.16 Å². The Hall–Kier alpha value is -2.57. The maximum Gasteiger partial charge on any atom is 0.411 e. The summed E-state index contributed by atoms with van der Waals surface area (Å²) in [6.07, 6.45) is 0.0861. The molecule has 0 radical (unpaired) electrons. The van der Waals surface area contributed by atoms with E-state index in [1.165, 1.54) is 4.90 Å². The van der Waals surface area contributed by atoms with Crippen LogP contribution in [0.3, 0.4) is 0 Å². The van der Waals surface area contributed by atoms with Gasteiger partial charge in [0.15, 0.2) is 0 Å². The molecule has 2 rings (SSSR count). The third-order valence-electron chi connectivity index (χ3n) is 3.62. The molecule has 1 aliphatic heterocycles. The van der Waals surface area contributed by atoms with Gasteiger partial charge in [0.1, 0.15) is 18.2 Å². The molecule has 0 aliphatic carbocycles. The summed E-state index contributed by atoms with van der Waals surface area (Å²) >= 11 is 0. The topological polar surface area (TPSA) is 88.4 Å². The third kappa shape index (κ3) is 5.77. The number of hydrogen-bond acceptors (Lipinski definition) is 5. The zero-order valence-electron chi connectivity index (χ0n) is 14.8. The standard InChI is InChI=1S/C18H24N2O5/c1-18(2,3)25-17(23)20-11-14(9-10-15(20)16(21)22)19-24-12-13-7-5-4-6-8-13/h4-8,15H,9-12H2,1-3H3,(H,21,22)/t15-/m0/s1. The molecule has 1 aromatic rings. The number of carbonyl (C=O) groups excluding carboxylic acids is 1. The average molecular weight is 348 g/mol. The van der Waals surface area contributed by atoms with Crippen LogP contribution < -0.4 is 0 Å². The molecule has 25 heavy (non-hydrogen) atoms. The number of oxime groups is 1. The minimum Gasteiger partial charge on any atom is -0.480 e. The molecule has 1 aliphatic rings. The smallest absolute Gasteiger partial charge is 0.411 e. The van der Waals surface area contributed by atoms with E-state index in [9.17, 15) is 14.7 Å². The Labute approximate surface area is 147 Å². The lowest BCUT2D eigenvalue weighted by molar-refractivity contribution is -0.143. The quantitative estimate of drug-likeness (QED) is 0.845. The molecule has 7 heteroatoms. The van der Waals surface area contributed by atoms with Crippen LogP contribution >= 0.6 is 0 Å². The monoisotopic (exact) mass is 348 g/mol. The highest BCUT2D eigenvalue weighted by Crippen LogP contribution is 2.20. The van der Waals surface area contributed by atoms with Crippen LogP contribution in [0.25, 0.3) is 0 Å². The third-order valence-corrected chi connectivity index (χ3v) is 3.62. The van der Waals surface area contributed by atoms with Gasteiger partial charge in [-0.1, -0.05) is 35.5 Å². The normalized spacial score (nSPS) is 19.6. The van der Waals surface area contributed by atoms with Gasteiger partial charge in [-0.2, -0.15) is 0 Å². The van der Waals surface area contributed by atoms with Gasteiger partial charge in [-0.05, 0) is 39.2 Å². The first-order chi connectivity index (χ1) is 11.8. The fourth-order valence-corrected chi connectivity index (χ4v) is 2.46. The summed E-state index contributed by atoms with van der Waals surface area (Å²) in [6.45, 7) is 5.62. The Morgan fingerprint density at radius 3 is 2.56 bits per heavy atom. The van der Waals surface area contributed by atoms with E-state index in [0.29, 0.717) is 18.7 Å². The Bertz CT molecular complexity index is 637. The summed E-state index contributed by atoms with van der Waals surface area (Å²) in [5, 5.41) is 13.4. The van der Waals surface area contributed by atoms with Crippen molar-refractivity contribution in [1.29, 1.82) is 0 Å². The molecule has 1 aromatic carbocycles.